The van der Waals surface area contributed by atoms with E-state index >= 15 is 0 Å². The first-order valence-electron chi connectivity index (χ1n) is 5.35. The number of halogens is 2. The molecule has 0 aromatic heterocycles. The van der Waals surface area contributed by atoms with E-state index in [2.05, 4.69) is 31.9 Å². The average Bonchev–Trinajstić information content (AvgIpc) is 2.32. The molecule has 0 rings (SSSR count). The summed E-state index contributed by atoms with van der Waals surface area (Å²) in [7, 11) is 0. The van der Waals surface area contributed by atoms with Gasteiger partial charge < -0.3 is 51.1 Å². The lowest BCUT2D eigenvalue weighted by molar-refractivity contribution is -0.0397. The number of aliphatic hydroxyl groups is 2. The smallest absolute Gasteiger partial charge is 0.450 e. The predicted octanol–water partition coefficient (Wildman–Crippen LogP) is 2.13. The molecule has 152 valence electrons. The van der Waals surface area contributed by atoms with E-state index in [0.29, 0.717) is 0 Å². The lowest BCUT2D eigenvalue weighted by atomic mass is 10.2. The maximum Gasteiger partial charge on any atom is 0.503 e. The maximum atomic E-state index is 8.56. The SMILES string of the molecule is O=C(O)O.O=C(O)O.O=C(O)O.O=C(O)O.OC(O)C(Br)CCCBr. The van der Waals surface area contributed by atoms with Crippen LogP contribution in [0.2, 0.25) is 0 Å². The zero-order chi connectivity index (χ0) is 21.6. The van der Waals surface area contributed by atoms with Crippen LogP contribution in [-0.4, -0.2) is 92.1 Å². The molecule has 0 aliphatic carbocycles. The van der Waals surface area contributed by atoms with Gasteiger partial charge >= 0.3 is 24.6 Å². The van der Waals surface area contributed by atoms with Gasteiger partial charge in [-0.3, -0.25) is 0 Å². The maximum absolute atomic E-state index is 8.56. The van der Waals surface area contributed by atoms with Crippen LogP contribution in [0.3, 0.4) is 0 Å². The van der Waals surface area contributed by atoms with Crippen molar-refractivity contribution < 1.29 is 70.2 Å². The standard InChI is InChI=1S/C5H10Br2O2.4CH2O3/c6-3-1-2-4(7)5(8)9;4*2-1(3)4/h4-5,8-9H,1-3H2;4*(H2,2,3,4). The van der Waals surface area contributed by atoms with Crippen LogP contribution in [-0.2, 0) is 0 Å². The van der Waals surface area contributed by atoms with Gasteiger partial charge in [0.25, 0.3) is 0 Å². The number of hydrogen-bond acceptors (Lipinski definition) is 6. The number of hydrogen-bond donors (Lipinski definition) is 10. The first-order valence-corrected chi connectivity index (χ1v) is 7.39. The molecular weight excluding hydrogens is 492 g/mol. The van der Waals surface area contributed by atoms with Crippen molar-refractivity contribution in [1.29, 1.82) is 0 Å². The van der Waals surface area contributed by atoms with Crippen LogP contribution in [0.5, 0.6) is 0 Å². The zero-order valence-electron chi connectivity index (χ0n) is 12.1. The van der Waals surface area contributed by atoms with Crippen molar-refractivity contribution in [1.82, 2.24) is 0 Å². The normalized spacial score (nSPS) is 9.00. The van der Waals surface area contributed by atoms with Gasteiger partial charge in [-0.15, -0.1) is 0 Å². The van der Waals surface area contributed by atoms with E-state index in [1.165, 1.54) is 0 Å². The molecule has 0 saturated heterocycles. The Morgan fingerprint density at radius 2 is 0.880 bits per heavy atom. The van der Waals surface area contributed by atoms with Gasteiger partial charge in [-0.05, 0) is 12.8 Å². The average molecular weight is 510 g/mol. The minimum Gasteiger partial charge on any atom is -0.450 e. The highest BCUT2D eigenvalue weighted by atomic mass is 79.9. The first-order chi connectivity index (χ1) is 11.1. The molecule has 0 fully saturated rings. The second kappa shape index (κ2) is 26.8. The van der Waals surface area contributed by atoms with E-state index in [9.17, 15) is 0 Å². The Morgan fingerprint density at radius 3 is 1.00 bits per heavy atom. The summed E-state index contributed by atoms with van der Waals surface area (Å²) in [5.74, 6) is 0. The molecule has 0 aromatic carbocycles. The summed E-state index contributed by atoms with van der Waals surface area (Å²) in [5.41, 5.74) is 0. The largest absolute Gasteiger partial charge is 0.503 e. The van der Waals surface area contributed by atoms with E-state index < -0.39 is 30.9 Å². The van der Waals surface area contributed by atoms with Crippen LogP contribution in [0.15, 0.2) is 0 Å². The molecule has 25 heavy (non-hydrogen) atoms. The number of alkyl halides is 2. The van der Waals surface area contributed by atoms with E-state index in [1.807, 2.05) is 0 Å². The molecule has 0 aromatic rings. The number of carboxylic acid groups (broad SMARTS) is 8. The van der Waals surface area contributed by atoms with Crippen molar-refractivity contribution in [3.05, 3.63) is 0 Å². The van der Waals surface area contributed by atoms with Crippen molar-refractivity contribution in [2.24, 2.45) is 0 Å². The molecule has 0 bridgehead atoms. The van der Waals surface area contributed by atoms with Gasteiger partial charge in [0.15, 0.2) is 6.29 Å². The molecule has 0 spiro atoms. The van der Waals surface area contributed by atoms with Crippen LogP contribution >= 0.6 is 31.9 Å². The molecule has 16 heteroatoms. The lowest BCUT2D eigenvalue weighted by Crippen LogP contribution is -2.18. The Bertz CT molecular complexity index is 283. The summed E-state index contributed by atoms with van der Waals surface area (Å²) in [4.78, 5) is 34.0. The van der Waals surface area contributed by atoms with Crippen molar-refractivity contribution >= 4 is 56.5 Å². The summed E-state index contributed by atoms with van der Waals surface area (Å²) < 4.78 is 0. The minimum atomic E-state index is -1.83. The third kappa shape index (κ3) is 246. The molecule has 0 aliphatic heterocycles. The summed E-state index contributed by atoms with van der Waals surface area (Å²) in [6.07, 6.45) is -6.83. The lowest BCUT2D eigenvalue weighted by Gasteiger charge is -2.09. The Labute approximate surface area is 156 Å². The molecule has 10 N–H and O–H groups in total. The van der Waals surface area contributed by atoms with Gasteiger partial charge in [-0.25, -0.2) is 19.2 Å². The molecule has 1 unspecified atom stereocenters. The third-order valence-corrected chi connectivity index (χ3v) is 2.43. The number of rotatable bonds is 4. The molecule has 14 nitrogen and oxygen atoms in total. The highest BCUT2D eigenvalue weighted by molar-refractivity contribution is 9.09. The van der Waals surface area contributed by atoms with Gasteiger partial charge in [0, 0.05) is 5.33 Å². The molecular formula is C9H18Br2O14. The van der Waals surface area contributed by atoms with Crippen LogP contribution in [0, 0.1) is 0 Å². The highest BCUT2D eigenvalue weighted by Gasteiger charge is 2.10. The fraction of sp³-hybridized carbons (Fsp3) is 0.556. The van der Waals surface area contributed by atoms with Crippen molar-refractivity contribution in [2.45, 2.75) is 24.0 Å². The topological polar surface area (TPSA) is 271 Å². The first kappa shape index (κ1) is 34.3. The molecule has 0 aliphatic rings. The Morgan fingerprint density at radius 1 is 0.680 bits per heavy atom. The monoisotopic (exact) mass is 508 g/mol. The fourth-order valence-corrected chi connectivity index (χ4v) is 1.07. The van der Waals surface area contributed by atoms with Gasteiger partial charge in [-0.1, -0.05) is 31.9 Å². The molecule has 0 saturated carbocycles. The fourth-order valence-electron chi connectivity index (χ4n) is 0.421. The van der Waals surface area contributed by atoms with Crippen molar-refractivity contribution in [3.63, 3.8) is 0 Å². The Balaban J connectivity index is -0.0000000714. The quantitative estimate of drug-likeness (QED) is 0.192. The van der Waals surface area contributed by atoms with Crippen LogP contribution in [0.4, 0.5) is 19.2 Å². The van der Waals surface area contributed by atoms with Gasteiger partial charge in [0.1, 0.15) is 0 Å². The second-order valence-corrected chi connectivity index (χ2v) is 4.86. The zero-order valence-corrected chi connectivity index (χ0v) is 15.3. The number of carbonyl (C=O) groups is 4. The van der Waals surface area contributed by atoms with E-state index in [1.54, 1.807) is 0 Å². The van der Waals surface area contributed by atoms with Crippen LogP contribution in [0.25, 0.3) is 0 Å². The molecule has 0 heterocycles. The van der Waals surface area contributed by atoms with Gasteiger partial charge in [-0.2, -0.15) is 0 Å². The molecule has 1 atom stereocenters. The summed E-state index contributed by atoms with van der Waals surface area (Å²) in [6.45, 7) is 0. The van der Waals surface area contributed by atoms with Crippen LogP contribution < -0.4 is 0 Å². The number of aliphatic hydroxyl groups excluding tert-OH is 1. The Hall–Kier alpha value is -2.04. The Kier molecular flexibility index (Phi) is 36.8. The highest BCUT2D eigenvalue weighted by Crippen LogP contribution is 2.11. The molecule has 0 radical (unpaired) electrons. The second-order valence-electron chi connectivity index (χ2n) is 2.89. The summed E-state index contributed by atoms with van der Waals surface area (Å²) in [5, 5.41) is 73.8. The summed E-state index contributed by atoms with van der Waals surface area (Å²) in [6, 6.07) is 0. The third-order valence-electron chi connectivity index (χ3n) is 0.937. The molecule has 0 amide bonds. The van der Waals surface area contributed by atoms with Crippen LogP contribution in [0.1, 0.15) is 12.8 Å². The minimum absolute atomic E-state index is 0.185. The van der Waals surface area contributed by atoms with Crippen molar-refractivity contribution in [3.8, 4) is 0 Å². The van der Waals surface area contributed by atoms with Gasteiger partial charge in [0.05, 0.1) is 4.83 Å². The summed E-state index contributed by atoms with van der Waals surface area (Å²) >= 11 is 6.37. The predicted molar refractivity (Wildman–Crippen MR) is 86.6 cm³/mol. The van der Waals surface area contributed by atoms with E-state index in [0.717, 1.165) is 18.2 Å². The van der Waals surface area contributed by atoms with E-state index in [4.69, 9.17) is 70.2 Å². The van der Waals surface area contributed by atoms with Gasteiger partial charge in [0.2, 0.25) is 0 Å². The van der Waals surface area contributed by atoms with Crippen molar-refractivity contribution in [2.75, 3.05) is 5.33 Å². The van der Waals surface area contributed by atoms with E-state index in [-0.39, 0.29) is 4.83 Å².